The lowest BCUT2D eigenvalue weighted by molar-refractivity contribution is -0.142. The van der Waals surface area contributed by atoms with E-state index >= 15 is 0 Å². The van der Waals surface area contributed by atoms with Crippen LogP contribution in [0.25, 0.3) is 10.9 Å². The smallest absolute Gasteiger partial charge is 0.326 e. The zero-order valence-electron chi connectivity index (χ0n) is 21.5. The van der Waals surface area contributed by atoms with Crippen LogP contribution in [-0.4, -0.2) is 76.4 Å². The molecule has 0 spiro atoms. The summed E-state index contributed by atoms with van der Waals surface area (Å²) in [5.41, 5.74) is 22.8. The van der Waals surface area contributed by atoms with Crippen LogP contribution < -0.4 is 38.9 Å². The number of carbonyl (C=O) groups is 5. The van der Waals surface area contributed by atoms with Gasteiger partial charge in [-0.2, -0.15) is 0 Å². The molecule has 39 heavy (non-hydrogen) atoms. The SMILES string of the molecule is CC(NC(=O)C(N)CC(N)=O)C(=O)NC(CCCN=C(N)N)C(=O)NC(Cc1c[nH]c2ccccc12)C(=O)O. The highest BCUT2D eigenvalue weighted by molar-refractivity contribution is 5.95. The number of aliphatic imine (C=N–C) groups is 1. The van der Waals surface area contributed by atoms with E-state index in [9.17, 15) is 29.1 Å². The average Bonchev–Trinajstić information content (AvgIpc) is 3.27. The first kappa shape index (κ1) is 30.6. The minimum atomic E-state index is -1.29. The number of benzene rings is 1. The Bertz CT molecular complexity index is 1220. The Balaban J connectivity index is 2.12. The number of aliphatic carboxylic acids is 1. The number of aromatic amines is 1. The monoisotopic (exact) mass is 545 g/mol. The number of nitrogens with zero attached hydrogens (tertiary/aromatic N) is 1. The minimum absolute atomic E-state index is 0.00996. The Kier molecular flexibility index (Phi) is 11.2. The van der Waals surface area contributed by atoms with Crippen molar-refractivity contribution in [1.29, 1.82) is 0 Å². The van der Waals surface area contributed by atoms with Crippen molar-refractivity contribution in [2.75, 3.05) is 6.54 Å². The van der Waals surface area contributed by atoms with Crippen molar-refractivity contribution in [2.24, 2.45) is 27.9 Å². The van der Waals surface area contributed by atoms with E-state index in [-0.39, 0.29) is 31.8 Å². The van der Waals surface area contributed by atoms with Crippen molar-refractivity contribution >= 4 is 46.5 Å². The molecule has 0 aliphatic rings. The van der Waals surface area contributed by atoms with Gasteiger partial charge in [-0.25, -0.2) is 4.79 Å². The lowest BCUT2D eigenvalue weighted by Gasteiger charge is -2.23. The van der Waals surface area contributed by atoms with Gasteiger partial charge in [-0.3, -0.25) is 24.2 Å². The molecule has 4 unspecified atom stereocenters. The quantitative estimate of drug-likeness (QED) is 0.0650. The van der Waals surface area contributed by atoms with Crippen LogP contribution in [0.4, 0.5) is 0 Å². The topological polar surface area (TPSA) is 274 Å². The fourth-order valence-corrected chi connectivity index (χ4v) is 3.76. The van der Waals surface area contributed by atoms with Gasteiger partial charge in [0, 0.05) is 30.1 Å². The van der Waals surface area contributed by atoms with Crippen LogP contribution in [0.2, 0.25) is 0 Å². The maximum Gasteiger partial charge on any atom is 0.326 e. The lowest BCUT2D eigenvalue weighted by Crippen LogP contribution is -2.56. The van der Waals surface area contributed by atoms with Crippen LogP contribution >= 0.6 is 0 Å². The number of hydrogen-bond acceptors (Lipinski definition) is 7. The van der Waals surface area contributed by atoms with Crippen molar-refractivity contribution < 1.29 is 29.1 Å². The van der Waals surface area contributed by atoms with Crippen LogP contribution in [0.5, 0.6) is 0 Å². The summed E-state index contributed by atoms with van der Waals surface area (Å²) in [5.74, 6) is -4.45. The molecule has 4 atom stereocenters. The number of H-pyrrole nitrogens is 1. The fraction of sp³-hybridized carbons (Fsp3) is 0.417. The molecule has 0 aliphatic heterocycles. The number of carboxylic acids is 1. The molecule has 15 heteroatoms. The third-order valence-electron chi connectivity index (χ3n) is 5.80. The van der Waals surface area contributed by atoms with Crippen molar-refractivity contribution in [2.45, 2.75) is 56.8 Å². The zero-order chi connectivity index (χ0) is 29.1. The number of primary amides is 1. The summed E-state index contributed by atoms with van der Waals surface area (Å²) in [4.78, 5) is 68.0. The number of carbonyl (C=O) groups excluding carboxylic acids is 4. The molecule has 0 radical (unpaired) electrons. The van der Waals surface area contributed by atoms with Gasteiger partial charge in [-0.1, -0.05) is 18.2 Å². The summed E-state index contributed by atoms with van der Waals surface area (Å²) in [6.07, 6.45) is 1.60. The number of fused-ring (bicyclic) bond motifs is 1. The summed E-state index contributed by atoms with van der Waals surface area (Å²) >= 11 is 0. The van der Waals surface area contributed by atoms with Crippen LogP contribution in [0.1, 0.15) is 31.7 Å². The minimum Gasteiger partial charge on any atom is -0.480 e. The fourth-order valence-electron chi connectivity index (χ4n) is 3.76. The summed E-state index contributed by atoms with van der Waals surface area (Å²) in [5, 5.41) is 17.9. The molecule has 2 rings (SSSR count). The van der Waals surface area contributed by atoms with Gasteiger partial charge in [0.25, 0.3) is 0 Å². The maximum absolute atomic E-state index is 13.1. The van der Waals surface area contributed by atoms with E-state index in [1.54, 1.807) is 6.20 Å². The molecule has 0 bridgehead atoms. The molecular weight excluding hydrogens is 510 g/mol. The molecule has 2 aromatic rings. The molecule has 15 nitrogen and oxygen atoms in total. The molecule has 1 aromatic heterocycles. The number of guanidine groups is 1. The Morgan fingerprint density at radius 1 is 0.974 bits per heavy atom. The Morgan fingerprint density at radius 2 is 1.64 bits per heavy atom. The number of hydrogen-bond donors (Lipinski definition) is 9. The van der Waals surface area contributed by atoms with Gasteiger partial charge < -0.3 is 49.0 Å². The van der Waals surface area contributed by atoms with Gasteiger partial charge in [0.2, 0.25) is 23.6 Å². The molecule has 212 valence electrons. The highest BCUT2D eigenvalue weighted by Gasteiger charge is 2.29. The van der Waals surface area contributed by atoms with Crippen molar-refractivity contribution in [3.8, 4) is 0 Å². The van der Waals surface area contributed by atoms with Gasteiger partial charge in [-0.05, 0) is 31.4 Å². The van der Waals surface area contributed by atoms with E-state index in [1.807, 2.05) is 24.3 Å². The summed E-state index contributed by atoms with van der Waals surface area (Å²) in [6.45, 7) is 1.52. The largest absolute Gasteiger partial charge is 0.480 e. The highest BCUT2D eigenvalue weighted by Crippen LogP contribution is 2.19. The normalized spacial score (nSPS) is 13.9. The third kappa shape index (κ3) is 9.62. The van der Waals surface area contributed by atoms with Crippen LogP contribution in [-0.2, 0) is 30.4 Å². The van der Waals surface area contributed by atoms with Gasteiger partial charge in [0.05, 0.1) is 12.5 Å². The number of nitrogens with one attached hydrogen (secondary N) is 4. The molecule has 0 saturated carbocycles. The molecule has 4 amide bonds. The first-order valence-corrected chi connectivity index (χ1v) is 12.2. The van der Waals surface area contributed by atoms with Gasteiger partial charge in [0.1, 0.15) is 18.1 Å². The van der Waals surface area contributed by atoms with E-state index < -0.39 is 60.2 Å². The maximum atomic E-state index is 13.1. The van der Waals surface area contributed by atoms with Gasteiger partial charge in [-0.15, -0.1) is 0 Å². The first-order chi connectivity index (χ1) is 18.4. The standard InChI is InChI=1S/C24H35N9O6/c1-12(31-21(36)15(25)10-19(26)34)20(35)32-17(7-4-8-29-24(27)28)22(37)33-18(23(38)39)9-13-11-30-16-6-3-2-5-14(13)16/h2-3,5-6,11-12,15,17-18,30H,4,7-10,25H2,1H3,(H2,26,34)(H,31,36)(H,32,35)(H,33,37)(H,38,39)(H4,27,28,29). The molecule has 1 aromatic carbocycles. The molecular formula is C24H35N9O6. The van der Waals surface area contributed by atoms with E-state index in [1.165, 1.54) is 6.92 Å². The second-order valence-corrected chi connectivity index (χ2v) is 8.98. The predicted molar refractivity (Wildman–Crippen MR) is 143 cm³/mol. The number of para-hydroxylation sites is 1. The summed E-state index contributed by atoms with van der Waals surface area (Å²) in [6, 6.07) is 2.48. The van der Waals surface area contributed by atoms with E-state index in [0.717, 1.165) is 10.9 Å². The third-order valence-corrected chi connectivity index (χ3v) is 5.80. The highest BCUT2D eigenvalue weighted by atomic mass is 16.4. The summed E-state index contributed by atoms with van der Waals surface area (Å²) < 4.78 is 0. The number of aromatic nitrogens is 1. The Hall–Kier alpha value is -4.66. The zero-order valence-corrected chi connectivity index (χ0v) is 21.5. The predicted octanol–water partition coefficient (Wildman–Crippen LogP) is -2.47. The Labute approximate surface area is 224 Å². The lowest BCUT2D eigenvalue weighted by atomic mass is 10.0. The number of rotatable bonds is 15. The van der Waals surface area contributed by atoms with Crippen molar-refractivity contribution in [3.05, 3.63) is 36.0 Å². The average molecular weight is 546 g/mol. The van der Waals surface area contributed by atoms with Gasteiger partial charge >= 0.3 is 5.97 Å². The summed E-state index contributed by atoms with van der Waals surface area (Å²) in [7, 11) is 0. The van der Waals surface area contributed by atoms with Crippen LogP contribution in [0.15, 0.2) is 35.5 Å². The number of carboxylic acid groups (broad SMARTS) is 1. The van der Waals surface area contributed by atoms with E-state index in [2.05, 4.69) is 25.9 Å². The second-order valence-electron chi connectivity index (χ2n) is 8.98. The molecule has 0 fully saturated rings. The Morgan fingerprint density at radius 3 is 2.28 bits per heavy atom. The molecule has 0 saturated heterocycles. The van der Waals surface area contributed by atoms with Gasteiger partial charge in [0.15, 0.2) is 5.96 Å². The molecule has 0 aliphatic carbocycles. The first-order valence-electron chi connectivity index (χ1n) is 12.2. The van der Waals surface area contributed by atoms with Crippen LogP contribution in [0.3, 0.4) is 0 Å². The van der Waals surface area contributed by atoms with E-state index in [4.69, 9.17) is 22.9 Å². The van der Waals surface area contributed by atoms with E-state index in [0.29, 0.717) is 5.56 Å². The van der Waals surface area contributed by atoms with Crippen molar-refractivity contribution in [1.82, 2.24) is 20.9 Å². The number of amides is 4. The second kappa shape index (κ2) is 14.3. The number of nitrogens with two attached hydrogens (primary N) is 4. The molecule has 1 heterocycles. The molecule has 13 N–H and O–H groups in total. The van der Waals surface area contributed by atoms with Crippen LogP contribution in [0, 0.1) is 0 Å². The van der Waals surface area contributed by atoms with Crippen molar-refractivity contribution in [3.63, 3.8) is 0 Å².